The Bertz CT molecular complexity index is 1230. The number of aromatic carboxylic acids is 1. The summed E-state index contributed by atoms with van der Waals surface area (Å²) in [5.41, 5.74) is 2.67. The molecule has 0 atom stereocenters. The molecule has 0 spiro atoms. The molecular formula is C21H15NO5. The molecule has 0 amide bonds. The first-order chi connectivity index (χ1) is 13.0. The van der Waals surface area contributed by atoms with Gasteiger partial charge in [-0.05, 0) is 42.0 Å². The fourth-order valence-corrected chi connectivity index (χ4v) is 3.24. The Labute approximate surface area is 153 Å². The van der Waals surface area contributed by atoms with Gasteiger partial charge in [-0.3, -0.25) is 4.79 Å². The fraction of sp³-hybridized carbons (Fsp3) is 0.0476. The highest BCUT2D eigenvalue weighted by Crippen LogP contribution is 2.42. The lowest BCUT2D eigenvalue weighted by Crippen LogP contribution is -2.04. The molecular weight excluding hydrogens is 346 g/mol. The minimum atomic E-state index is -1.07. The first-order valence-corrected chi connectivity index (χ1v) is 8.23. The molecule has 0 bridgehead atoms. The van der Waals surface area contributed by atoms with Crippen molar-refractivity contribution in [2.45, 2.75) is 0 Å². The molecule has 3 N–H and O–H groups in total. The zero-order valence-corrected chi connectivity index (χ0v) is 14.3. The number of anilines is 1. The maximum absolute atomic E-state index is 11.9. The van der Waals surface area contributed by atoms with Gasteiger partial charge >= 0.3 is 5.97 Å². The lowest BCUT2D eigenvalue weighted by Gasteiger charge is -2.17. The van der Waals surface area contributed by atoms with Crippen LogP contribution in [0.3, 0.4) is 0 Å². The van der Waals surface area contributed by atoms with Gasteiger partial charge in [0.05, 0.1) is 5.56 Å². The van der Waals surface area contributed by atoms with Gasteiger partial charge in [0.1, 0.15) is 17.1 Å². The monoisotopic (exact) mass is 361 g/mol. The Morgan fingerprint density at radius 2 is 1.78 bits per heavy atom. The Kier molecular flexibility index (Phi) is 3.81. The highest BCUT2D eigenvalue weighted by atomic mass is 16.4. The number of rotatable bonds is 3. The maximum Gasteiger partial charge on any atom is 0.336 e. The molecule has 0 radical (unpaired) electrons. The average Bonchev–Trinajstić information content (AvgIpc) is 2.65. The van der Waals surface area contributed by atoms with Crippen molar-refractivity contribution < 1.29 is 19.4 Å². The molecule has 0 saturated carbocycles. The third kappa shape index (κ3) is 2.77. The van der Waals surface area contributed by atoms with Crippen molar-refractivity contribution in [3.63, 3.8) is 0 Å². The van der Waals surface area contributed by atoms with Gasteiger partial charge in [-0.25, -0.2) is 4.79 Å². The molecule has 1 aliphatic heterocycles. The van der Waals surface area contributed by atoms with Crippen LogP contribution in [-0.4, -0.2) is 23.2 Å². The Hall–Kier alpha value is -3.80. The highest BCUT2D eigenvalue weighted by molar-refractivity contribution is 6.08. The number of nitrogens with one attached hydrogen (secondary N) is 1. The van der Waals surface area contributed by atoms with Crippen molar-refractivity contribution in [1.82, 2.24) is 0 Å². The Morgan fingerprint density at radius 3 is 2.52 bits per heavy atom. The van der Waals surface area contributed by atoms with Crippen LogP contribution in [0.15, 0.2) is 63.8 Å². The minimum absolute atomic E-state index is 0.0128. The van der Waals surface area contributed by atoms with Crippen molar-refractivity contribution in [2.75, 3.05) is 12.4 Å². The van der Waals surface area contributed by atoms with Crippen molar-refractivity contribution in [3.8, 4) is 28.2 Å². The second-order valence-corrected chi connectivity index (χ2v) is 6.13. The smallest absolute Gasteiger partial charge is 0.336 e. The summed E-state index contributed by atoms with van der Waals surface area (Å²) in [5.74, 6) is -0.730. The van der Waals surface area contributed by atoms with Crippen molar-refractivity contribution in [1.29, 1.82) is 0 Å². The number of hydrogen-bond acceptors (Lipinski definition) is 5. The lowest BCUT2D eigenvalue weighted by molar-refractivity contribution is 0.0698. The largest absolute Gasteiger partial charge is 0.508 e. The van der Waals surface area contributed by atoms with Gasteiger partial charge in [-0.15, -0.1) is 0 Å². The first-order valence-electron chi connectivity index (χ1n) is 8.23. The van der Waals surface area contributed by atoms with E-state index in [-0.39, 0.29) is 16.7 Å². The summed E-state index contributed by atoms with van der Waals surface area (Å²) < 4.78 is 5.80. The number of phenolic OH excluding ortho intramolecular Hbond substituents is 1. The van der Waals surface area contributed by atoms with E-state index < -0.39 is 5.97 Å². The van der Waals surface area contributed by atoms with E-state index in [2.05, 4.69) is 5.32 Å². The van der Waals surface area contributed by atoms with Crippen LogP contribution in [0.25, 0.3) is 33.4 Å². The van der Waals surface area contributed by atoms with Crippen LogP contribution >= 0.6 is 0 Å². The summed E-state index contributed by atoms with van der Waals surface area (Å²) in [6.07, 6.45) is 0. The average molecular weight is 361 g/mol. The van der Waals surface area contributed by atoms with Crippen LogP contribution in [-0.2, 0) is 0 Å². The summed E-state index contributed by atoms with van der Waals surface area (Å²) in [5, 5.41) is 23.1. The zero-order valence-electron chi connectivity index (χ0n) is 14.3. The quantitative estimate of drug-likeness (QED) is 0.477. The van der Waals surface area contributed by atoms with Crippen LogP contribution in [0.5, 0.6) is 5.75 Å². The third-order valence-electron chi connectivity index (χ3n) is 4.48. The molecule has 0 saturated heterocycles. The molecule has 2 aliphatic rings. The van der Waals surface area contributed by atoms with Gasteiger partial charge in [0, 0.05) is 41.4 Å². The number of carboxylic acid groups (broad SMARTS) is 1. The van der Waals surface area contributed by atoms with Gasteiger partial charge in [-0.2, -0.15) is 0 Å². The molecule has 0 unspecified atom stereocenters. The highest BCUT2D eigenvalue weighted by Gasteiger charge is 2.22. The fourth-order valence-electron chi connectivity index (χ4n) is 3.24. The van der Waals surface area contributed by atoms with E-state index in [0.717, 1.165) is 0 Å². The third-order valence-corrected chi connectivity index (χ3v) is 4.48. The van der Waals surface area contributed by atoms with Crippen LogP contribution in [0.1, 0.15) is 10.4 Å². The second-order valence-electron chi connectivity index (χ2n) is 6.13. The first kappa shape index (κ1) is 16.7. The van der Waals surface area contributed by atoms with E-state index in [0.29, 0.717) is 39.1 Å². The van der Waals surface area contributed by atoms with E-state index in [9.17, 15) is 19.8 Å². The molecule has 1 aliphatic carbocycles. The summed E-state index contributed by atoms with van der Waals surface area (Å²) in [4.78, 5) is 23.7. The van der Waals surface area contributed by atoms with E-state index in [1.165, 1.54) is 24.3 Å². The van der Waals surface area contributed by atoms with Crippen LogP contribution in [0, 0.1) is 0 Å². The number of phenols is 1. The van der Waals surface area contributed by atoms with E-state index in [4.69, 9.17) is 4.42 Å². The number of carbonyl (C=O) groups is 1. The van der Waals surface area contributed by atoms with E-state index in [1.54, 1.807) is 37.4 Å². The molecule has 27 heavy (non-hydrogen) atoms. The zero-order chi connectivity index (χ0) is 19.1. The standard InChI is InChI=1S/C21H15NO5/c1-22-11-2-5-14(17(8-11)21(25)26)20-15-6-3-12(23)9-18(15)27-19-10-13(24)4-7-16(19)20/h2-10,22-23H,1H3,(H,25,26). The molecule has 4 rings (SSSR count). The SMILES string of the molecule is CNc1ccc(-c2c3ccc(=O)cc-3oc3cc(O)ccc23)c(C(=O)O)c1. The summed E-state index contributed by atoms with van der Waals surface area (Å²) in [6, 6.07) is 14.1. The van der Waals surface area contributed by atoms with Gasteiger partial charge < -0.3 is 19.9 Å². The molecule has 6 nitrogen and oxygen atoms in total. The van der Waals surface area contributed by atoms with E-state index in [1.807, 2.05) is 0 Å². The summed E-state index contributed by atoms with van der Waals surface area (Å²) in [7, 11) is 1.71. The Morgan fingerprint density at radius 1 is 1.00 bits per heavy atom. The van der Waals surface area contributed by atoms with Crippen LogP contribution in [0.2, 0.25) is 0 Å². The number of carboxylic acids is 1. The van der Waals surface area contributed by atoms with Gasteiger partial charge in [0.2, 0.25) is 0 Å². The molecule has 0 fully saturated rings. The van der Waals surface area contributed by atoms with Gasteiger partial charge in [-0.1, -0.05) is 6.07 Å². The number of benzene rings is 3. The van der Waals surface area contributed by atoms with Gasteiger partial charge in [0.15, 0.2) is 5.43 Å². The lowest BCUT2D eigenvalue weighted by atomic mass is 9.90. The summed E-state index contributed by atoms with van der Waals surface area (Å²) in [6.45, 7) is 0. The van der Waals surface area contributed by atoms with Crippen molar-refractivity contribution in [2.24, 2.45) is 0 Å². The normalized spacial score (nSPS) is 11.0. The van der Waals surface area contributed by atoms with Crippen LogP contribution in [0.4, 0.5) is 5.69 Å². The number of aromatic hydroxyl groups is 1. The molecule has 0 aromatic heterocycles. The predicted molar refractivity (Wildman–Crippen MR) is 103 cm³/mol. The second kappa shape index (κ2) is 6.17. The molecule has 6 heteroatoms. The molecule has 2 aromatic carbocycles. The number of fused-ring (bicyclic) bond motifs is 2. The van der Waals surface area contributed by atoms with Crippen LogP contribution < -0.4 is 10.7 Å². The van der Waals surface area contributed by atoms with Gasteiger partial charge in [0.25, 0.3) is 0 Å². The number of hydrogen-bond donors (Lipinski definition) is 3. The summed E-state index contributed by atoms with van der Waals surface area (Å²) >= 11 is 0. The maximum atomic E-state index is 11.9. The van der Waals surface area contributed by atoms with Crippen molar-refractivity contribution >= 4 is 22.6 Å². The molecule has 134 valence electrons. The molecule has 1 heterocycles. The topological polar surface area (TPSA) is 99.8 Å². The molecule has 2 aromatic rings. The Balaban J connectivity index is 2.18. The van der Waals surface area contributed by atoms with Crippen molar-refractivity contribution in [3.05, 3.63) is 70.4 Å². The predicted octanol–water partition coefficient (Wildman–Crippen LogP) is 4.01. The van der Waals surface area contributed by atoms with E-state index >= 15 is 0 Å². The minimum Gasteiger partial charge on any atom is -0.508 e.